The fraction of sp³-hybridized carbons (Fsp3) is 0.429. The number of carbonyl (C=O) groups is 1. The average Bonchev–Trinajstić information content (AvgIpc) is 2.81. The average molecular weight is 482 g/mol. The summed E-state index contributed by atoms with van der Waals surface area (Å²) < 4.78 is 25.7. The van der Waals surface area contributed by atoms with Gasteiger partial charge in [-0.3, -0.25) is 4.79 Å². The highest BCUT2D eigenvalue weighted by atomic mass is 79.9. The second-order valence-corrected chi connectivity index (χ2v) is 10.7. The molecule has 2 atom stereocenters. The third kappa shape index (κ3) is 3.38. The van der Waals surface area contributed by atoms with E-state index >= 15 is 0 Å². The van der Waals surface area contributed by atoms with E-state index in [9.17, 15) is 13.2 Å². The molecule has 1 amide bonds. The van der Waals surface area contributed by atoms with E-state index in [1.807, 2.05) is 24.0 Å². The Morgan fingerprint density at radius 2 is 1.91 bits per heavy atom. The lowest BCUT2D eigenvalue weighted by Crippen LogP contribution is -2.38. The Balaban J connectivity index is 2.14. The van der Waals surface area contributed by atoms with E-state index in [1.54, 1.807) is 0 Å². The fourth-order valence-electron chi connectivity index (χ4n) is 2.88. The molecule has 1 aromatic rings. The van der Waals surface area contributed by atoms with E-state index in [-0.39, 0.29) is 28.7 Å². The number of amidine groups is 1. The Kier molecular flexibility index (Phi) is 4.67. The van der Waals surface area contributed by atoms with Gasteiger partial charge in [-0.25, -0.2) is 8.42 Å². The molecule has 23 heavy (non-hydrogen) atoms. The standard InChI is InChI=1S/C14H14Br2N2O3S2/c1-7-3-9(15)13(10(16)4-7)18-11-5-23(20,21)6-12(11)22-14(18)17-8(2)19/h3-4,11-12H,5-6H2,1-2H3/t11-,12-/m1/s1. The highest BCUT2D eigenvalue weighted by molar-refractivity contribution is 9.11. The molecule has 0 bridgehead atoms. The van der Waals surface area contributed by atoms with Gasteiger partial charge >= 0.3 is 0 Å². The van der Waals surface area contributed by atoms with Crippen molar-refractivity contribution < 1.29 is 13.2 Å². The molecule has 3 rings (SSSR count). The number of rotatable bonds is 1. The summed E-state index contributed by atoms with van der Waals surface area (Å²) in [5.74, 6) is -0.0923. The van der Waals surface area contributed by atoms with Crippen molar-refractivity contribution in [2.45, 2.75) is 25.1 Å². The first-order valence-corrected chi connectivity index (χ1v) is 11.2. The van der Waals surface area contributed by atoms with E-state index in [2.05, 4.69) is 36.9 Å². The first-order chi connectivity index (χ1) is 10.7. The molecule has 2 saturated heterocycles. The molecule has 0 unspecified atom stereocenters. The summed E-state index contributed by atoms with van der Waals surface area (Å²) in [5.41, 5.74) is 1.88. The van der Waals surface area contributed by atoms with Gasteiger partial charge in [-0.15, -0.1) is 0 Å². The maximum absolute atomic E-state index is 12.0. The van der Waals surface area contributed by atoms with Crippen LogP contribution in [-0.4, -0.2) is 42.3 Å². The highest BCUT2D eigenvalue weighted by Gasteiger charge is 2.50. The Labute approximate surface area is 156 Å². The van der Waals surface area contributed by atoms with Gasteiger partial charge in [-0.1, -0.05) is 11.8 Å². The number of sulfone groups is 1. The zero-order valence-corrected chi connectivity index (χ0v) is 17.2. The van der Waals surface area contributed by atoms with Crippen LogP contribution in [0.2, 0.25) is 0 Å². The maximum atomic E-state index is 12.0. The highest BCUT2D eigenvalue weighted by Crippen LogP contribution is 2.46. The normalized spacial score (nSPS) is 27.5. The van der Waals surface area contributed by atoms with Gasteiger partial charge in [0.15, 0.2) is 15.0 Å². The molecule has 0 saturated carbocycles. The smallest absolute Gasteiger partial charge is 0.244 e. The quantitative estimate of drug-likeness (QED) is 0.616. The largest absolute Gasteiger partial charge is 0.313 e. The topological polar surface area (TPSA) is 66.8 Å². The molecule has 1 aromatic carbocycles. The van der Waals surface area contributed by atoms with Crippen molar-refractivity contribution >= 4 is 70.2 Å². The number of hydrogen-bond donors (Lipinski definition) is 0. The van der Waals surface area contributed by atoms with Crippen LogP contribution in [0.15, 0.2) is 26.1 Å². The second-order valence-electron chi connectivity index (χ2n) is 5.66. The van der Waals surface area contributed by atoms with Crippen LogP contribution >= 0.6 is 43.6 Å². The summed E-state index contributed by atoms with van der Waals surface area (Å²) in [7, 11) is -3.07. The van der Waals surface area contributed by atoms with Gasteiger partial charge < -0.3 is 4.90 Å². The van der Waals surface area contributed by atoms with E-state index in [0.717, 1.165) is 20.2 Å². The van der Waals surface area contributed by atoms with Gasteiger partial charge in [0.05, 0.1) is 23.2 Å². The summed E-state index contributed by atoms with van der Waals surface area (Å²) in [5, 5.41) is 0.464. The molecule has 9 heteroatoms. The third-order valence-electron chi connectivity index (χ3n) is 3.72. The molecule has 0 aliphatic carbocycles. The third-order valence-corrected chi connectivity index (χ3v) is 8.14. The molecule has 0 N–H and O–H groups in total. The van der Waals surface area contributed by atoms with Crippen LogP contribution in [0.1, 0.15) is 12.5 Å². The van der Waals surface area contributed by atoms with Crippen molar-refractivity contribution in [2.24, 2.45) is 4.99 Å². The maximum Gasteiger partial charge on any atom is 0.244 e. The minimum atomic E-state index is -3.07. The number of nitrogens with zero attached hydrogens (tertiary/aromatic N) is 2. The molecule has 0 radical (unpaired) electrons. The molecule has 2 aliphatic heterocycles. The summed E-state index contributed by atoms with van der Waals surface area (Å²) in [6.45, 7) is 3.38. The van der Waals surface area contributed by atoms with Crippen molar-refractivity contribution in [3.05, 3.63) is 26.6 Å². The lowest BCUT2D eigenvalue weighted by Gasteiger charge is -2.27. The Morgan fingerprint density at radius 3 is 2.48 bits per heavy atom. The minimum Gasteiger partial charge on any atom is -0.313 e. The summed E-state index contributed by atoms with van der Waals surface area (Å²) >= 11 is 8.48. The molecule has 0 aromatic heterocycles. The molecule has 124 valence electrons. The fourth-order valence-corrected chi connectivity index (χ4v) is 8.62. The number of aryl methyl sites for hydroxylation is 1. The van der Waals surface area contributed by atoms with Crippen LogP contribution in [0, 0.1) is 6.92 Å². The number of amides is 1. The predicted octanol–water partition coefficient (Wildman–Crippen LogP) is 3.14. The molecule has 2 aliphatic rings. The first-order valence-electron chi connectivity index (χ1n) is 6.89. The van der Waals surface area contributed by atoms with Gasteiger partial charge in [-0.05, 0) is 56.5 Å². The Bertz CT molecular complexity index is 800. The van der Waals surface area contributed by atoms with Gasteiger partial charge in [0.1, 0.15) is 0 Å². The lowest BCUT2D eigenvalue weighted by molar-refractivity contribution is -0.115. The SMILES string of the molecule is CC(=O)N=C1S[C@@H]2CS(=O)(=O)C[C@H]2N1c1c(Br)cc(C)cc1Br. The van der Waals surface area contributed by atoms with Crippen molar-refractivity contribution in [1.29, 1.82) is 0 Å². The molecular formula is C14H14Br2N2O3S2. The van der Waals surface area contributed by atoms with Crippen molar-refractivity contribution in [3.63, 3.8) is 0 Å². The zero-order chi connectivity index (χ0) is 16.9. The first kappa shape index (κ1) is 17.4. The summed E-state index contributed by atoms with van der Waals surface area (Å²) in [6, 6.07) is 3.72. The van der Waals surface area contributed by atoms with Crippen LogP contribution in [0.5, 0.6) is 0 Å². The van der Waals surface area contributed by atoms with E-state index in [1.165, 1.54) is 18.7 Å². The molecular weight excluding hydrogens is 468 g/mol. The Hall–Kier alpha value is -0.380. The van der Waals surface area contributed by atoms with Crippen LogP contribution < -0.4 is 4.90 Å². The van der Waals surface area contributed by atoms with Crippen molar-refractivity contribution in [1.82, 2.24) is 0 Å². The number of anilines is 1. The number of thioether (sulfide) groups is 1. The molecule has 5 nitrogen and oxygen atoms in total. The van der Waals surface area contributed by atoms with Gasteiger partial charge in [-0.2, -0.15) is 4.99 Å². The summed E-state index contributed by atoms with van der Waals surface area (Å²) in [4.78, 5) is 17.5. The predicted molar refractivity (Wildman–Crippen MR) is 101 cm³/mol. The van der Waals surface area contributed by atoms with Crippen LogP contribution in [0.3, 0.4) is 0 Å². The second kappa shape index (κ2) is 6.16. The zero-order valence-electron chi connectivity index (χ0n) is 12.4. The summed E-state index contributed by atoms with van der Waals surface area (Å²) in [6.07, 6.45) is 0. The molecule has 2 fully saturated rings. The van der Waals surface area contributed by atoms with Crippen molar-refractivity contribution in [2.75, 3.05) is 16.4 Å². The van der Waals surface area contributed by atoms with Crippen molar-refractivity contribution in [3.8, 4) is 0 Å². The lowest BCUT2D eigenvalue weighted by atomic mass is 10.1. The molecule has 0 spiro atoms. The monoisotopic (exact) mass is 480 g/mol. The number of aliphatic imine (C=N–C) groups is 1. The molecule has 2 heterocycles. The minimum absolute atomic E-state index is 0.0777. The van der Waals surface area contributed by atoms with Gasteiger partial charge in [0.25, 0.3) is 0 Å². The van der Waals surface area contributed by atoms with E-state index < -0.39 is 9.84 Å². The van der Waals surface area contributed by atoms with Crippen LogP contribution in [0.25, 0.3) is 0 Å². The number of hydrogen-bond acceptors (Lipinski definition) is 4. The number of halogens is 2. The van der Waals surface area contributed by atoms with Crippen LogP contribution in [-0.2, 0) is 14.6 Å². The van der Waals surface area contributed by atoms with E-state index in [4.69, 9.17) is 0 Å². The van der Waals surface area contributed by atoms with Gasteiger partial charge in [0, 0.05) is 21.1 Å². The van der Waals surface area contributed by atoms with Gasteiger partial charge in [0.2, 0.25) is 5.91 Å². The number of benzene rings is 1. The Morgan fingerprint density at radius 1 is 1.30 bits per heavy atom. The van der Waals surface area contributed by atoms with E-state index in [0.29, 0.717) is 5.17 Å². The van der Waals surface area contributed by atoms with Crippen LogP contribution in [0.4, 0.5) is 5.69 Å². The number of fused-ring (bicyclic) bond motifs is 1. The number of carbonyl (C=O) groups excluding carboxylic acids is 1.